The molecular formula is C18H13Br2N2O4S2-. The smallest absolute Gasteiger partial charge is 0.255 e. The predicted octanol–water partition coefficient (Wildman–Crippen LogP) is 5.47. The molecule has 0 bridgehead atoms. The Morgan fingerprint density at radius 1 is 1.18 bits per heavy atom. The fourth-order valence-corrected chi connectivity index (χ4v) is 5.14. The van der Waals surface area contributed by atoms with Crippen molar-refractivity contribution in [3.05, 3.63) is 68.4 Å². The van der Waals surface area contributed by atoms with Gasteiger partial charge < -0.3 is 14.6 Å². The summed E-state index contributed by atoms with van der Waals surface area (Å²) in [6.45, 7) is 0. The number of ether oxygens (including phenoxy) is 1. The number of para-hydroxylation sites is 1. The summed E-state index contributed by atoms with van der Waals surface area (Å²) in [5.41, 5.74) is 1.17. The minimum atomic E-state index is -2.63. The van der Waals surface area contributed by atoms with Gasteiger partial charge in [0.25, 0.3) is 5.91 Å². The van der Waals surface area contributed by atoms with Gasteiger partial charge in [-0.2, -0.15) is 0 Å². The first-order chi connectivity index (χ1) is 13.4. The Balaban J connectivity index is 2.02. The molecule has 0 spiro atoms. The van der Waals surface area contributed by atoms with Gasteiger partial charge in [0, 0.05) is 15.7 Å². The van der Waals surface area contributed by atoms with E-state index in [0.29, 0.717) is 22.0 Å². The third-order valence-corrected chi connectivity index (χ3v) is 7.72. The molecule has 0 aliphatic carbocycles. The van der Waals surface area contributed by atoms with E-state index >= 15 is 0 Å². The van der Waals surface area contributed by atoms with Crippen LogP contribution >= 0.6 is 43.2 Å². The Bertz CT molecular complexity index is 1010. The van der Waals surface area contributed by atoms with E-state index in [1.807, 2.05) is 18.2 Å². The SMILES string of the molecule is COc1ccc(C(=O)Nc2ccccc2)cc1N(c1cc(Br)c(Br)s1)S(=O)[O-]. The second-order valence-corrected chi connectivity index (χ2v) is 9.43. The summed E-state index contributed by atoms with van der Waals surface area (Å²) in [5.74, 6) is -0.0404. The molecular weight excluding hydrogens is 532 g/mol. The molecule has 1 N–H and O–H groups in total. The molecule has 1 heterocycles. The average Bonchev–Trinajstić information content (AvgIpc) is 3.00. The third-order valence-electron chi connectivity index (χ3n) is 3.67. The molecule has 3 rings (SSSR count). The van der Waals surface area contributed by atoms with Crippen LogP contribution in [0.1, 0.15) is 10.4 Å². The number of halogens is 2. The summed E-state index contributed by atoms with van der Waals surface area (Å²) < 4.78 is 31.9. The van der Waals surface area contributed by atoms with E-state index in [1.165, 1.54) is 24.5 Å². The van der Waals surface area contributed by atoms with Crippen molar-refractivity contribution >= 4 is 76.7 Å². The maximum absolute atomic E-state index is 12.6. The lowest BCUT2D eigenvalue weighted by atomic mass is 10.1. The number of amides is 1. The highest BCUT2D eigenvalue weighted by Crippen LogP contribution is 2.43. The Kier molecular flexibility index (Phi) is 6.89. The number of carbonyl (C=O) groups excluding carboxylic acids is 1. The number of thiophene rings is 1. The van der Waals surface area contributed by atoms with Crippen molar-refractivity contribution in [2.75, 3.05) is 16.7 Å². The Labute approximate surface area is 185 Å². The molecule has 28 heavy (non-hydrogen) atoms. The molecule has 0 aliphatic heterocycles. The number of methoxy groups -OCH3 is 1. The van der Waals surface area contributed by atoms with Crippen LogP contribution in [0.15, 0.2) is 62.9 Å². The predicted molar refractivity (Wildman–Crippen MR) is 118 cm³/mol. The lowest BCUT2D eigenvalue weighted by molar-refractivity contribution is 0.102. The number of hydrogen-bond acceptors (Lipinski definition) is 5. The van der Waals surface area contributed by atoms with Gasteiger partial charge in [-0.3, -0.25) is 13.3 Å². The molecule has 146 valence electrons. The Hall–Kier alpha value is -1.72. The maximum Gasteiger partial charge on any atom is 0.255 e. The quantitative estimate of drug-likeness (QED) is 0.417. The number of anilines is 3. The van der Waals surface area contributed by atoms with Gasteiger partial charge >= 0.3 is 0 Å². The van der Waals surface area contributed by atoms with Gasteiger partial charge in [-0.05, 0) is 68.3 Å². The molecule has 6 nitrogen and oxygen atoms in total. The summed E-state index contributed by atoms with van der Waals surface area (Å²) in [7, 11) is 1.44. The second-order valence-electron chi connectivity index (χ2n) is 5.42. The average molecular weight is 545 g/mol. The van der Waals surface area contributed by atoms with Gasteiger partial charge in [-0.25, -0.2) is 0 Å². The van der Waals surface area contributed by atoms with Gasteiger partial charge in [0.05, 0.1) is 27.9 Å². The summed E-state index contributed by atoms with van der Waals surface area (Å²) >= 11 is 5.32. The van der Waals surface area contributed by atoms with Crippen LogP contribution in [0, 0.1) is 0 Å². The van der Waals surface area contributed by atoms with E-state index in [0.717, 1.165) is 12.6 Å². The number of nitrogens with one attached hydrogen (secondary N) is 1. The van der Waals surface area contributed by atoms with Crippen LogP contribution in [-0.4, -0.2) is 21.8 Å². The van der Waals surface area contributed by atoms with Crippen molar-refractivity contribution in [1.82, 2.24) is 0 Å². The van der Waals surface area contributed by atoms with Crippen LogP contribution in [0.2, 0.25) is 0 Å². The molecule has 0 saturated heterocycles. The standard InChI is InChI=1S/C18H14Br2N2O4S2/c1-26-15-8-7-11(18(23)21-12-5-3-2-4-6-12)9-14(15)22(28(24)25)16-10-13(19)17(20)27-16/h2-10H,1H3,(H,21,23)(H,24,25)/p-1. The van der Waals surface area contributed by atoms with E-state index < -0.39 is 11.3 Å². The lowest BCUT2D eigenvalue weighted by Gasteiger charge is -2.26. The van der Waals surface area contributed by atoms with Crippen molar-refractivity contribution < 1.29 is 18.3 Å². The van der Waals surface area contributed by atoms with E-state index in [2.05, 4.69) is 37.2 Å². The monoisotopic (exact) mass is 543 g/mol. The molecule has 1 aromatic heterocycles. The highest BCUT2D eigenvalue weighted by Gasteiger charge is 2.21. The van der Waals surface area contributed by atoms with Crippen molar-refractivity contribution in [1.29, 1.82) is 0 Å². The molecule has 0 radical (unpaired) electrons. The topological polar surface area (TPSA) is 81.7 Å². The largest absolute Gasteiger partial charge is 0.755 e. The summed E-state index contributed by atoms with van der Waals surface area (Å²) in [5, 5.41) is 3.22. The molecule has 1 amide bonds. The van der Waals surface area contributed by atoms with Gasteiger partial charge in [0.15, 0.2) is 0 Å². The van der Waals surface area contributed by atoms with Crippen molar-refractivity contribution in [2.45, 2.75) is 0 Å². The van der Waals surface area contributed by atoms with Gasteiger partial charge in [0.1, 0.15) is 10.8 Å². The van der Waals surface area contributed by atoms with Gasteiger partial charge in [-0.15, -0.1) is 11.3 Å². The van der Waals surface area contributed by atoms with Crippen LogP contribution in [-0.2, 0) is 11.3 Å². The second kappa shape index (κ2) is 9.19. The number of nitrogens with zero attached hydrogens (tertiary/aromatic N) is 1. The molecule has 0 aliphatic rings. The first-order valence-electron chi connectivity index (χ1n) is 7.79. The summed E-state index contributed by atoms with van der Waals surface area (Å²) in [4.78, 5) is 12.6. The first kappa shape index (κ1) is 21.0. The number of hydrogen-bond donors (Lipinski definition) is 1. The summed E-state index contributed by atoms with van der Waals surface area (Å²) in [6, 6.07) is 15.3. The highest BCUT2D eigenvalue weighted by atomic mass is 79.9. The highest BCUT2D eigenvalue weighted by molar-refractivity contribution is 9.13. The van der Waals surface area contributed by atoms with E-state index in [4.69, 9.17) is 4.74 Å². The molecule has 0 saturated carbocycles. The molecule has 10 heteroatoms. The van der Waals surface area contributed by atoms with Gasteiger partial charge in [-0.1, -0.05) is 18.2 Å². The molecule has 1 atom stereocenters. The maximum atomic E-state index is 12.6. The zero-order valence-electron chi connectivity index (χ0n) is 14.3. The summed E-state index contributed by atoms with van der Waals surface area (Å²) in [6.07, 6.45) is 0. The number of carbonyl (C=O) groups is 1. The Morgan fingerprint density at radius 2 is 1.89 bits per heavy atom. The lowest BCUT2D eigenvalue weighted by Crippen LogP contribution is -2.20. The minimum absolute atomic E-state index is 0.234. The normalized spacial score (nSPS) is 11.7. The minimum Gasteiger partial charge on any atom is -0.755 e. The van der Waals surface area contributed by atoms with Crippen LogP contribution < -0.4 is 14.4 Å². The molecule has 2 aromatic carbocycles. The first-order valence-corrected chi connectivity index (χ1v) is 11.2. The van der Waals surface area contributed by atoms with Crippen molar-refractivity contribution in [3.8, 4) is 5.75 Å². The van der Waals surface area contributed by atoms with Crippen molar-refractivity contribution in [2.24, 2.45) is 0 Å². The van der Waals surface area contributed by atoms with Gasteiger partial charge in [0.2, 0.25) is 0 Å². The molecule has 3 aromatic rings. The van der Waals surface area contributed by atoms with Crippen LogP contribution in [0.5, 0.6) is 5.75 Å². The fourth-order valence-electron chi connectivity index (χ4n) is 2.42. The number of rotatable bonds is 6. The zero-order valence-corrected chi connectivity index (χ0v) is 19.2. The van der Waals surface area contributed by atoms with Crippen molar-refractivity contribution in [3.63, 3.8) is 0 Å². The van der Waals surface area contributed by atoms with Crippen LogP contribution in [0.25, 0.3) is 0 Å². The van der Waals surface area contributed by atoms with E-state index in [-0.39, 0.29) is 11.6 Å². The van der Waals surface area contributed by atoms with E-state index in [1.54, 1.807) is 30.3 Å². The van der Waals surface area contributed by atoms with Crippen LogP contribution in [0.4, 0.5) is 16.4 Å². The zero-order chi connectivity index (χ0) is 20.3. The molecule has 1 unspecified atom stereocenters. The molecule has 0 fully saturated rings. The fraction of sp³-hybridized carbons (Fsp3) is 0.0556. The third kappa shape index (κ3) is 4.64. The van der Waals surface area contributed by atoms with Crippen LogP contribution in [0.3, 0.4) is 0 Å². The Morgan fingerprint density at radius 3 is 2.46 bits per heavy atom. The number of benzene rings is 2. The van der Waals surface area contributed by atoms with E-state index in [9.17, 15) is 13.6 Å².